The van der Waals surface area contributed by atoms with Gasteiger partial charge >= 0.3 is 0 Å². The van der Waals surface area contributed by atoms with Gasteiger partial charge in [0.2, 0.25) is 0 Å². The van der Waals surface area contributed by atoms with Crippen molar-refractivity contribution in [1.82, 2.24) is 9.55 Å². The van der Waals surface area contributed by atoms with Crippen LogP contribution in [-0.4, -0.2) is 18.0 Å². The Morgan fingerprint density at radius 2 is 1.80 bits per heavy atom. The highest BCUT2D eigenvalue weighted by Crippen LogP contribution is 2.22. The number of rotatable bonds is 6. The van der Waals surface area contributed by atoms with Gasteiger partial charge in [-0.3, -0.25) is 4.72 Å². The fraction of sp³-hybridized carbons (Fsp3) is 0.174. The molecule has 0 unspecified atom stereocenters. The molecule has 7 heteroatoms. The molecule has 4 rings (SSSR count). The highest BCUT2D eigenvalue weighted by molar-refractivity contribution is 7.92. The number of aromatic nitrogens is 2. The third-order valence-corrected chi connectivity index (χ3v) is 6.66. The Balaban J connectivity index is 1.52. The van der Waals surface area contributed by atoms with Crippen LogP contribution in [0.15, 0.2) is 71.6 Å². The van der Waals surface area contributed by atoms with Crippen LogP contribution < -0.4 is 4.72 Å². The molecule has 0 aliphatic carbocycles. The van der Waals surface area contributed by atoms with E-state index in [0.717, 1.165) is 34.9 Å². The van der Waals surface area contributed by atoms with Crippen molar-refractivity contribution < 1.29 is 12.8 Å². The van der Waals surface area contributed by atoms with Gasteiger partial charge in [0.1, 0.15) is 11.6 Å². The lowest BCUT2D eigenvalue weighted by atomic mass is 10.1. The minimum absolute atomic E-state index is 0.0624. The van der Waals surface area contributed by atoms with Gasteiger partial charge in [0, 0.05) is 19.2 Å². The highest BCUT2D eigenvalue weighted by Gasteiger charge is 2.18. The molecule has 0 aliphatic heterocycles. The Labute approximate surface area is 175 Å². The molecule has 3 aromatic carbocycles. The Kier molecular flexibility index (Phi) is 5.30. The number of hydrogen-bond donors (Lipinski definition) is 1. The van der Waals surface area contributed by atoms with Crippen molar-refractivity contribution in [2.24, 2.45) is 7.05 Å². The van der Waals surface area contributed by atoms with Crippen LogP contribution >= 0.6 is 0 Å². The van der Waals surface area contributed by atoms with Gasteiger partial charge in [-0.2, -0.15) is 0 Å². The molecule has 154 valence electrons. The largest absolute Gasteiger partial charge is 0.331 e. The van der Waals surface area contributed by atoms with Crippen LogP contribution in [0.5, 0.6) is 0 Å². The summed E-state index contributed by atoms with van der Waals surface area (Å²) in [5.41, 5.74) is 3.96. The number of hydrogen-bond acceptors (Lipinski definition) is 3. The zero-order valence-corrected chi connectivity index (χ0v) is 17.6. The van der Waals surface area contributed by atoms with Crippen LogP contribution in [-0.2, 0) is 29.9 Å². The number of nitrogens with zero attached hydrogens (tertiary/aromatic N) is 2. The molecule has 0 radical (unpaired) electrons. The molecule has 4 aromatic rings. The Morgan fingerprint density at radius 3 is 2.60 bits per heavy atom. The van der Waals surface area contributed by atoms with E-state index in [1.165, 1.54) is 12.1 Å². The molecule has 1 N–H and O–H groups in total. The first-order chi connectivity index (χ1) is 14.3. The van der Waals surface area contributed by atoms with Gasteiger partial charge in [0.05, 0.1) is 15.9 Å². The summed E-state index contributed by atoms with van der Waals surface area (Å²) in [6, 6.07) is 19.0. The van der Waals surface area contributed by atoms with E-state index in [1.807, 2.05) is 37.4 Å². The highest BCUT2D eigenvalue weighted by atomic mass is 32.2. The van der Waals surface area contributed by atoms with Crippen molar-refractivity contribution in [3.05, 3.63) is 89.5 Å². The van der Waals surface area contributed by atoms with Crippen LogP contribution in [0.3, 0.4) is 0 Å². The quantitative estimate of drug-likeness (QED) is 0.493. The van der Waals surface area contributed by atoms with Crippen LogP contribution in [0.25, 0.3) is 11.0 Å². The smallest absolute Gasteiger partial charge is 0.262 e. The molecular weight excluding hydrogens is 401 g/mol. The number of halogens is 1. The summed E-state index contributed by atoms with van der Waals surface area (Å²) in [5.74, 6) is 0.384. The zero-order valence-electron chi connectivity index (χ0n) is 16.8. The van der Waals surface area contributed by atoms with Gasteiger partial charge in [-0.25, -0.2) is 17.8 Å². The molecule has 0 fully saturated rings. The van der Waals surface area contributed by atoms with Gasteiger partial charge < -0.3 is 4.57 Å². The molecule has 0 aliphatic rings. The van der Waals surface area contributed by atoms with E-state index in [2.05, 4.69) is 14.3 Å². The van der Waals surface area contributed by atoms with E-state index >= 15 is 0 Å². The summed E-state index contributed by atoms with van der Waals surface area (Å²) >= 11 is 0. The zero-order chi connectivity index (χ0) is 21.3. The minimum atomic E-state index is -3.88. The standard InChI is InChI=1S/C23H22FN3O2S/c1-16-10-12-18(24)15-22(16)30(28,29)26-19-7-5-6-17(14-19)11-13-23-25-20-8-3-4-9-21(20)27(23)2/h3-10,12,14-15,26H,11,13H2,1-2H3. The third-order valence-electron chi connectivity index (χ3n) is 5.14. The van der Waals surface area contributed by atoms with Gasteiger partial charge in [0.25, 0.3) is 10.0 Å². The topological polar surface area (TPSA) is 64.0 Å². The van der Waals surface area contributed by atoms with Crippen LogP contribution in [0.2, 0.25) is 0 Å². The van der Waals surface area contributed by atoms with Gasteiger partial charge in [-0.1, -0.05) is 30.3 Å². The molecule has 0 amide bonds. The minimum Gasteiger partial charge on any atom is -0.331 e. The van der Waals surface area contributed by atoms with Crippen molar-refractivity contribution in [3.8, 4) is 0 Å². The maximum absolute atomic E-state index is 13.6. The lowest BCUT2D eigenvalue weighted by molar-refractivity contribution is 0.594. The van der Waals surface area contributed by atoms with Gasteiger partial charge in [0.15, 0.2) is 0 Å². The van der Waals surface area contributed by atoms with Crippen molar-refractivity contribution in [2.45, 2.75) is 24.7 Å². The number of imidazole rings is 1. The van der Waals surface area contributed by atoms with E-state index in [1.54, 1.807) is 25.1 Å². The Bertz CT molecular complexity index is 1330. The number of aryl methyl sites for hydroxylation is 4. The fourth-order valence-electron chi connectivity index (χ4n) is 3.54. The number of fused-ring (bicyclic) bond motifs is 1. The number of anilines is 1. The predicted octanol–water partition coefficient (Wildman–Crippen LogP) is 4.61. The van der Waals surface area contributed by atoms with Crippen molar-refractivity contribution in [3.63, 3.8) is 0 Å². The molecule has 0 spiro atoms. The molecular formula is C23H22FN3O2S. The second kappa shape index (κ2) is 7.91. The average molecular weight is 424 g/mol. The molecule has 1 heterocycles. The molecule has 5 nitrogen and oxygen atoms in total. The third kappa shape index (κ3) is 4.07. The monoisotopic (exact) mass is 423 g/mol. The molecule has 0 saturated heterocycles. The summed E-state index contributed by atoms with van der Waals surface area (Å²) in [6.07, 6.45) is 1.44. The van der Waals surface area contributed by atoms with E-state index < -0.39 is 15.8 Å². The SMILES string of the molecule is Cc1ccc(F)cc1S(=O)(=O)Nc1cccc(CCc2nc3ccccc3n2C)c1. The second-order valence-corrected chi connectivity index (χ2v) is 8.94. The second-order valence-electron chi connectivity index (χ2n) is 7.29. The van der Waals surface area contributed by atoms with Crippen molar-refractivity contribution in [1.29, 1.82) is 0 Å². The number of nitrogens with one attached hydrogen (secondary N) is 1. The number of benzene rings is 3. The summed E-state index contributed by atoms with van der Waals surface area (Å²) in [5, 5.41) is 0. The maximum atomic E-state index is 13.6. The van der Waals surface area contributed by atoms with E-state index in [9.17, 15) is 12.8 Å². The predicted molar refractivity (Wildman–Crippen MR) is 117 cm³/mol. The van der Waals surface area contributed by atoms with Crippen LogP contribution in [0, 0.1) is 12.7 Å². The summed E-state index contributed by atoms with van der Waals surface area (Å²) in [6.45, 7) is 1.64. The summed E-state index contributed by atoms with van der Waals surface area (Å²) in [7, 11) is -1.88. The molecule has 1 aromatic heterocycles. The van der Waals surface area contributed by atoms with Crippen molar-refractivity contribution in [2.75, 3.05) is 4.72 Å². The van der Waals surface area contributed by atoms with E-state index in [-0.39, 0.29) is 4.90 Å². The van der Waals surface area contributed by atoms with Gasteiger partial charge in [-0.15, -0.1) is 0 Å². The molecule has 0 bridgehead atoms. The van der Waals surface area contributed by atoms with Crippen molar-refractivity contribution >= 4 is 26.7 Å². The van der Waals surface area contributed by atoms with E-state index in [0.29, 0.717) is 17.7 Å². The average Bonchev–Trinajstić information content (AvgIpc) is 3.04. The normalized spacial score (nSPS) is 11.7. The van der Waals surface area contributed by atoms with Crippen LogP contribution in [0.1, 0.15) is 17.0 Å². The van der Waals surface area contributed by atoms with Crippen LogP contribution in [0.4, 0.5) is 10.1 Å². The Morgan fingerprint density at radius 1 is 1.00 bits per heavy atom. The first kappa shape index (κ1) is 20.1. The van der Waals surface area contributed by atoms with Gasteiger partial charge in [-0.05, 0) is 60.9 Å². The maximum Gasteiger partial charge on any atom is 0.262 e. The first-order valence-corrected chi connectivity index (χ1v) is 11.1. The molecule has 30 heavy (non-hydrogen) atoms. The fourth-order valence-corrected chi connectivity index (χ4v) is 4.85. The number of sulfonamides is 1. The summed E-state index contributed by atoms with van der Waals surface area (Å²) in [4.78, 5) is 4.62. The molecule has 0 atom stereocenters. The Hall–Kier alpha value is -3.19. The summed E-state index contributed by atoms with van der Waals surface area (Å²) < 4.78 is 43.6. The number of para-hydroxylation sites is 2. The van der Waals surface area contributed by atoms with E-state index in [4.69, 9.17) is 0 Å². The lowest BCUT2D eigenvalue weighted by Crippen LogP contribution is -2.14. The lowest BCUT2D eigenvalue weighted by Gasteiger charge is -2.11. The molecule has 0 saturated carbocycles. The first-order valence-electron chi connectivity index (χ1n) is 9.62.